The summed E-state index contributed by atoms with van der Waals surface area (Å²) in [6.07, 6.45) is 5.09. The molecule has 0 atom stereocenters. The minimum atomic E-state index is -0.127. The summed E-state index contributed by atoms with van der Waals surface area (Å²) in [5.41, 5.74) is 3.41. The van der Waals surface area contributed by atoms with Gasteiger partial charge in [-0.1, -0.05) is 11.2 Å². The van der Waals surface area contributed by atoms with Gasteiger partial charge in [0.2, 0.25) is 0 Å². The Kier molecular flexibility index (Phi) is 5.14. The predicted octanol–water partition coefficient (Wildman–Crippen LogP) is 3.30. The number of amides is 1. The van der Waals surface area contributed by atoms with Crippen molar-refractivity contribution in [3.8, 4) is 21.8 Å². The smallest absolute Gasteiger partial charge is 0.263 e. The third kappa shape index (κ3) is 3.78. The van der Waals surface area contributed by atoms with Crippen molar-refractivity contribution in [2.24, 2.45) is 0 Å². The van der Waals surface area contributed by atoms with Crippen LogP contribution in [0.25, 0.3) is 32.8 Å². The van der Waals surface area contributed by atoms with E-state index in [9.17, 15) is 4.79 Å². The molecule has 0 aliphatic carbocycles. The zero-order chi connectivity index (χ0) is 19.5. The molecule has 0 saturated heterocycles. The number of rotatable bonds is 6. The Morgan fingerprint density at radius 2 is 2.00 bits per heavy atom. The van der Waals surface area contributed by atoms with Crippen LogP contribution in [0.3, 0.4) is 0 Å². The normalized spacial score (nSPS) is 11.2. The topological polar surface area (TPSA) is 84.2 Å². The first kappa shape index (κ1) is 18.3. The molecule has 0 radical (unpaired) electrons. The highest BCUT2D eigenvalue weighted by molar-refractivity contribution is 7.17. The van der Waals surface area contributed by atoms with Crippen molar-refractivity contribution in [1.29, 1.82) is 0 Å². The fraction of sp³-hybridized carbons (Fsp3) is 0.200. The molecule has 1 aromatic carbocycles. The summed E-state index contributed by atoms with van der Waals surface area (Å²) in [6, 6.07) is 9.82. The van der Waals surface area contributed by atoms with Crippen LogP contribution in [0, 0.1) is 0 Å². The summed E-state index contributed by atoms with van der Waals surface area (Å²) >= 11 is 1.31. The summed E-state index contributed by atoms with van der Waals surface area (Å²) < 4.78 is 5.52. The van der Waals surface area contributed by atoms with E-state index in [0.29, 0.717) is 27.7 Å². The first-order chi connectivity index (χ1) is 13.6. The van der Waals surface area contributed by atoms with Crippen molar-refractivity contribution in [2.75, 3.05) is 27.2 Å². The van der Waals surface area contributed by atoms with Crippen LogP contribution in [0.2, 0.25) is 0 Å². The Morgan fingerprint density at radius 1 is 1.18 bits per heavy atom. The predicted molar refractivity (Wildman–Crippen MR) is 109 cm³/mol. The highest BCUT2D eigenvalue weighted by atomic mass is 32.1. The second-order valence-electron chi connectivity index (χ2n) is 6.57. The Bertz CT molecular complexity index is 1100. The van der Waals surface area contributed by atoms with E-state index in [1.165, 1.54) is 11.3 Å². The monoisotopic (exact) mass is 393 g/mol. The number of hydrogen-bond acceptors (Lipinski definition) is 7. The minimum Gasteiger partial charge on any atom is -0.356 e. The van der Waals surface area contributed by atoms with Gasteiger partial charge in [0.05, 0.1) is 11.6 Å². The van der Waals surface area contributed by atoms with Gasteiger partial charge in [-0.2, -0.15) is 0 Å². The van der Waals surface area contributed by atoms with Crippen molar-refractivity contribution in [1.82, 2.24) is 25.3 Å². The molecular formula is C20H19N5O2S. The van der Waals surface area contributed by atoms with Crippen LogP contribution in [0.4, 0.5) is 0 Å². The van der Waals surface area contributed by atoms with Gasteiger partial charge in [-0.05, 0) is 49.5 Å². The van der Waals surface area contributed by atoms with E-state index >= 15 is 0 Å². The van der Waals surface area contributed by atoms with Gasteiger partial charge in [0.1, 0.15) is 15.6 Å². The SMILES string of the molecule is CN(C)CCNC(=O)c1cnc(-c2noc3cc(-c4ccncc4)ccc23)s1. The van der Waals surface area contributed by atoms with Crippen molar-refractivity contribution >= 4 is 28.2 Å². The molecule has 0 spiro atoms. The van der Waals surface area contributed by atoms with Gasteiger partial charge in [0, 0.05) is 25.5 Å². The molecule has 0 unspecified atom stereocenters. The Morgan fingerprint density at radius 3 is 2.79 bits per heavy atom. The van der Waals surface area contributed by atoms with Gasteiger partial charge in [0.25, 0.3) is 5.91 Å². The summed E-state index contributed by atoms with van der Waals surface area (Å²) in [5, 5.41) is 8.60. The molecule has 142 valence electrons. The van der Waals surface area contributed by atoms with E-state index in [1.807, 2.05) is 49.3 Å². The summed E-state index contributed by atoms with van der Waals surface area (Å²) in [4.78, 5) is 23.2. The second-order valence-corrected chi connectivity index (χ2v) is 7.60. The summed E-state index contributed by atoms with van der Waals surface area (Å²) in [7, 11) is 3.93. The summed E-state index contributed by atoms with van der Waals surface area (Å²) in [6.45, 7) is 1.37. The minimum absolute atomic E-state index is 0.127. The number of fused-ring (bicyclic) bond motifs is 1. The number of thiazole rings is 1. The highest BCUT2D eigenvalue weighted by Gasteiger charge is 2.17. The maximum absolute atomic E-state index is 12.3. The van der Waals surface area contributed by atoms with E-state index in [0.717, 1.165) is 23.1 Å². The lowest BCUT2D eigenvalue weighted by Gasteiger charge is -2.09. The van der Waals surface area contributed by atoms with Crippen LogP contribution in [-0.2, 0) is 0 Å². The number of nitrogens with one attached hydrogen (secondary N) is 1. The van der Waals surface area contributed by atoms with Gasteiger partial charge >= 0.3 is 0 Å². The number of pyridine rings is 1. The molecule has 0 aliphatic rings. The van der Waals surface area contributed by atoms with E-state index < -0.39 is 0 Å². The van der Waals surface area contributed by atoms with Crippen LogP contribution in [0.5, 0.6) is 0 Å². The molecular weight excluding hydrogens is 374 g/mol. The van der Waals surface area contributed by atoms with Crippen molar-refractivity contribution < 1.29 is 9.32 Å². The van der Waals surface area contributed by atoms with E-state index in [2.05, 4.69) is 20.4 Å². The van der Waals surface area contributed by atoms with Crippen LogP contribution in [0.1, 0.15) is 9.67 Å². The van der Waals surface area contributed by atoms with Crippen LogP contribution >= 0.6 is 11.3 Å². The number of carbonyl (C=O) groups is 1. The molecule has 8 heteroatoms. The molecule has 28 heavy (non-hydrogen) atoms. The van der Waals surface area contributed by atoms with Crippen LogP contribution < -0.4 is 5.32 Å². The quantitative estimate of drug-likeness (QED) is 0.541. The van der Waals surface area contributed by atoms with E-state index in [-0.39, 0.29) is 5.91 Å². The Balaban J connectivity index is 1.57. The average molecular weight is 393 g/mol. The Hall–Kier alpha value is -3.10. The number of aromatic nitrogens is 3. The third-order valence-electron chi connectivity index (χ3n) is 4.26. The van der Waals surface area contributed by atoms with Crippen molar-refractivity contribution in [3.63, 3.8) is 0 Å². The van der Waals surface area contributed by atoms with Crippen LogP contribution in [-0.4, -0.2) is 53.1 Å². The second kappa shape index (κ2) is 7.87. The van der Waals surface area contributed by atoms with Crippen molar-refractivity contribution in [3.05, 3.63) is 53.8 Å². The standard InChI is InChI=1S/C20H19N5O2S/c1-25(2)10-9-22-19(26)17-12-23-20(28-17)18-15-4-3-14(11-16(15)27-24-18)13-5-7-21-8-6-13/h3-8,11-12H,9-10H2,1-2H3,(H,22,26). The fourth-order valence-corrected chi connectivity index (χ4v) is 3.61. The number of hydrogen-bond donors (Lipinski definition) is 1. The van der Waals surface area contributed by atoms with Gasteiger partial charge in [-0.25, -0.2) is 4.98 Å². The van der Waals surface area contributed by atoms with E-state index in [1.54, 1.807) is 18.6 Å². The molecule has 1 amide bonds. The molecule has 3 aromatic heterocycles. The molecule has 4 aromatic rings. The highest BCUT2D eigenvalue weighted by Crippen LogP contribution is 2.33. The molecule has 4 rings (SSSR count). The number of benzene rings is 1. The van der Waals surface area contributed by atoms with Crippen molar-refractivity contribution in [2.45, 2.75) is 0 Å². The lowest BCUT2D eigenvalue weighted by molar-refractivity contribution is 0.0955. The first-order valence-electron chi connectivity index (χ1n) is 8.81. The molecule has 7 nitrogen and oxygen atoms in total. The first-order valence-corrected chi connectivity index (χ1v) is 9.62. The van der Waals surface area contributed by atoms with Gasteiger partial charge in [-0.15, -0.1) is 11.3 Å². The third-order valence-corrected chi connectivity index (χ3v) is 5.27. The zero-order valence-electron chi connectivity index (χ0n) is 15.5. The van der Waals surface area contributed by atoms with Crippen LogP contribution in [0.15, 0.2) is 53.4 Å². The van der Waals surface area contributed by atoms with E-state index in [4.69, 9.17) is 4.52 Å². The molecule has 3 heterocycles. The molecule has 0 fully saturated rings. The average Bonchev–Trinajstić information content (AvgIpc) is 3.34. The lowest BCUT2D eigenvalue weighted by Crippen LogP contribution is -2.30. The van der Waals surface area contributed by atoms with Gasteiger partial charge < -0.3 is 14.7 Å². The number of carbonyl (C=O) groups excluding carboxylic acids is 1. The summed E-state index contributed by atoms with van der Waals surface area (Å²) in [5.74, 6) is -0.127. The molecule has 1 N–H and O–H groups in total. The van der Waals surface area contributed by atoms with Gasteiger partial charge in [0.15, 0.2) is 5.58 Å². The molecule has 0 aliphatic heterocycles. The lowest BCUT2D eigenvalue weighted by atomic mass is 10.1. The number of nitrogens with zero attached hydrogens (tertiary/aromatic N) is 4. The maximum Gasteiger partial charge on any atom is 0.263 e. The number of likely N-dealkylation sites (N-methyl/N-ethyl adjacent to an activating group) is 1. The largest absolute Gasteiger partial charge is 0.356 e. The maximum atomic E-state index is 12.3. The fourth-order valence-electron chi connectivity index (χ4n) is 2.78. The Labute approximate surface area is 166 Å². The molecule has 0 bridgehead atoms. The van der Waals surface area contributed by atoms with Gasteiger partial charge in [-0.3, -0.25) is 9.78 Å². The molecule has 0 saturated carbocycles. The zero-order valence-corrected chi connectivity index (χ0v) is 16.4.